The monoisotopic (exact) mass is 345 g/mol. The van der Waals surface area contributed by atoms with Gasteiger partial charge in [0.25, 0.3) is 5.54 Å². The SMILES string of the molecule is CCS(=O)(=O)N[C@@](C(=O)O)(C(=O)OCc1ccccc1)C(N)N. The van der Waals surface area contributed by atoms with Crippen LogP contribution in [-0.4, -0.2) is 42.9 Å². The molecule has 0 radical (unpaired) electrons. The summed E-state index contributed by atoms with van der Waals surface area (Å²) in [5.74, 6) is -3.69. The third kappa shape index (κ3) is 4.48. The summed E-state index contributed by atoms with van der Waals surface area (Å²) in [5.41, 5.74) is 8.53. The summed E-state index contributed by atoms with van der Waals surface area (Å²) in [6, 6.07) is 8.44. The van der Waals surface area contributed by atoms with Crippen molar-refractivity contribution in [3.8, 4) is 0 Å². The lowest BCUT2D eigenvalue weighted by Crippen LogP contribution is -2.72. The van der Waals surface area contributed by atoms with Crippen LogP contribution in [0.1, 0.15) is 12.5 Å². The number of sulfonamides is 1. The van der Waals surface area contributed by atoms with Gasteiger partial charge in [-0.15, -0.1) is 0 Å². The van der Waals surface area contributed by atoms with Crippen molar-refractivity contribution in [2.45, 2.75) is 25.2 Å². The minimum atomic E-state index is -4.09. The fourth-order valence-electron chi connectivity index (χ4n) is 1.67. The first-order valence-electron chi connectivity index (χ1n) is 6.63. The Morgan fingerprint density at radius 1 is 1.30 bits per heavy atom. The minimum absolute atomic E-state index is 0.255. The molecule has 0 saturated carbocycles. The van der Waals surface area contributed by atoms with Gasteiger partial charge in [-0.25, -0.2) is 18.0 Å². The van der Waals surface area contributed by atoms with Crippen LogP contribution in [-0.2, 0) is 31.0 Å². The van der Waals surface area contributed by atoms with Crippen molar-refractivity contribution in [1.82, 2.24) is 4.72 Å². The number of rotatable bonds is 8. The van der Waals surface area contributed by atoms with Gasteiger partial charge < -0.3 is 21.3 Å². The summed E-state index contributed by atoms with van der Waals surface area (Å²) in [6.45, 7) is 1.02. The first-order chi connectivity index (χ1) is 10.7. The standard InChI is InChI=1S/C13H19N3O6S/c1-2-23(20,21)16-13(10(14)15,11(17)18)12(19)22-8-9-6-4-3-5-7-9/h3-7,10,16H,2,8,14-15H2,1H3,(H,17,18)/t13-/m0/s1. The molecule has 0 bridgehead atoms. The van der Waals surface area contributed by atoms with E-state index in [0.29, 0.717) is 5.56 Å². The summed E-state index contributed by atoms with van der Waals surface area (Å²) >= 11 is 0. The zero-order valence-electron chi connectivity index (χ0n) is 12.4. The van der Waals surface area contributed by atoms with Crippen LogP contribution >= 0.6 is 0 Å². The van der Waals surface area contributed by atoms with E-state index in [2.05, 4.69) is 0 Å². The molecule has 6 N–H and O–H groups in total. The smallest absolute Gasteiger partial charge is 0.342 e. The molecule has 0 amide bonds. The average Bonchev–Trinajstić information content (AvgIpc) is 2.50. The highest BCUT2D eigenvalue weighted by Gasteiger charge is 2.54. The zero-order valence-corrected chi connectivity index (χ0v) is 13.2. The second-order valence-electron chi connectivity index (χ2n) is 4.71. The van der Waals surface area contributed by atoms with E-state index in [1.165, 1.54) is 6.92 Å². The third-order valence-electron chi connectivity index (χ3n) is 3.07. The Morgan fingerprint density at radius 2 is 1.87 bits per heavy atom. The first kappa shape index (κ1) is 19.0. The number of esters is 1. The molecule has 1 atom stereocenters. The van der Waals surface area contributed by atoms with Crippen LogP contribution in [0.4, 0.5) is 0 Å². The van der Waals surface area contributed by atoms with E-state index in [4.69, 9.17) is 16.2 Å². The molecule has 128 valence electrons. The summed E-state index contributed by atoms with van der Waals surface area (Å²) in [4.78, 5) is 23.7. The van der Waals surface area contributed by atoms with E-state index in [-0.39, 0.29) is 6.61 Å². The fraction of sp³-hybridized carbons (Fsp3) is 0.385. The first-order valence-corrected chi connectivity index (χ1v) is 8.28. The Labute approximate surface area is 133 Å². The number of nitrogens with one attached hydrogen (secondary N) is 1. The fourth-order valence-corrected chi connectivity index (χ4v) is 2.62. The average molecular weight is 345 g/mol. The van der Waals surface area contributed by atoms with Gasteiger partial charge >= 0.3 is 11.9 Å². The van der Waals surface area contributed by atoms with E-state index < -0.39 is 39.4 Å². The van der Waals surface area contributed by atoms with Crippen molar-refractivity contribution in [2.75, 3.05) is 5.75 Å². The number of carboxylic acids is 1. The molecule has 0 spiro atoms. The molecule has 1 rings (SSSR count). The molecule has 0 aliphatic heterocycles. The van der Waals surface area contributed by atoms with Gasteiger partial charge in [-0.1, -0.05) is 30.3 Å². The van der Waals surface area contributed by atoms with Crippen LogP contribution in [0.15, 0.2) is 30.3 Å². The highest BCUT2D eigenvalue weighted by atomic mass is 32.2. The number of hydrogen-bond donors (Lipinski definition) is 4. The molecule has 0 saturated heterocycles. The van der Waals surface area contributed by atoms with Crippen molar-refractivity contribution in [2.24, 2.45) is 11.5 Å². The lowest BCUT2D eigenvalue weighted by atomic mass is 9.98. The van der Waals surface area contributed by atoms with E-state index in [9.17, 15) is 23.1 Å². The van der Waals surface area contributed by atoms with E-state index in [1.54, 1.807) is 35.1 Å². The summed E-state index contributed by atoms with van der Waals surface area (Å²) in [6.07, 6.45) is -1.84. The second-order valence-corrected chi connectivity index (χ2v) is 6.72. The van der Waals surface area contributed by atoms with Crippen LogP contribution in [0.2, 0.25) is 0 Å². The maximum Gasteiger partial charge on any atom is 0.342 e. The largest absolute Gasteiger partial charge is 0.479 e. The molecule has 9 nitrogen and oxygen atoms in total. The molecule has 10 heteroatoms. The summed E-state index contributed by atoms with van der Waals surface area (Å²) in [7, 11) is -4.09. The zero-order chi connectivity index (χ0) is 17.7. The van der Waals surface area contributed by atoms with Crippen LogP contribution < -0.4 is 16.2 Å². The Hall–Kier alpha value is -2.01. The molecule has 0 unspecified atom stereocenters. The Bertz CT molecular complexity index is 662. The van der Waals surface area contributed by atoms with Gasteiger partial charge in [-0.05, 0) is 12.5 Å². The van der Waals surface area contributed by atoms with Gasteiger partial charge in [0.15, 0.2) is 0 Å². The highest BCUT2D eigenvalue weighted by molar-refractivity contribution is 7.89. The van der Waals surface area contributed by atoms with Gasteiger partial charge in [0.2, 0.25) is 10.0 Å². The topological polar surface area (TPSA) is 162 Å². The molecule has 23 heavy (non-hydrogen) atoms. The van der Waals surface area contributed by atoms with E-state index >= 15 is 0 Å². The number of hydrogen-bond acceptors (Lipinski definition) is 7. The maximum absolute atomic E-state index is 12.2. The Kier molecular flexibility index (Phi) is 6.21. The number of aliphatic carboxylic acids is 1. The van der Waals surface area contributed by atoms with Gasteiger partial charge in [-0.2, -0.15) is 4.72 Å². The molecular weight excluding hydrogens is 326 g/mol. The van der Waals surface area contributed by atoms with Crippen molar-refractivity contribution in [3.63, 3.8) is 0 Å². The second kappa shape index (κ2) is 7.51. The van der Waals surface area contributed by atoms with Crippen molar-refractivity contribution >= 4 is 22.0 Å². The van der Waals surface area contributed by atoms with Gasteiger partial charge in [-0.3, -0.25) is 0 Å². The molecule has 0 aliphatic carbocycles. The Morgan fingerprint density at radius 3 is 2.30 bits per heavy atom. The predicted octanol–water partition coefficient (Wildman–Crippen LogP) is -1.26. The highest BCUT2D eigenvalue weighted by Crippen LogP contribution is 2.14. The molecule has 0 heterocycles. The minimum Gasteiger partial charge on any atom is -0.479 e. The lowest BCUT2D eigenvalue weighted by Gasteiger charge is -2.30. The number of ether oxygens (including phenoxy) is 1. The van der Waals surface area contributed by atoms with Crippen LogP contribution in [0.3, 0.4) is 0 Å². The maximum atomic E-state index is 12.2. The van der Waals surface area contributed by atoms with Crippen molar-refractivity contribution < 1.29 is 27.9 Å². The number of carbonyl (C=O) groups is 2. The molecule has 0 aromatic heterocycles. The number of carbonyl (C=O) groups excluding carboxylic acids is 1. The van der Waals surface area contributed by atoms with Crippen LogP contribution in [0.25, 0.3) is 0 Å². The van der Waals surface area contributed by atoms with Crippen molar-refractivity contribution in [1.29, 1.82) is 0 Å². The van der Waals surface area contributed by atoms with E-state index in [0.717, 1.165) is 0 Å². The summed E-state index contributed by atoms with van der Waals surface area (Å²) < 4.78 is 30.1. The lowest BCUT2D eigenvalue weighted by molar-refractivity contribution is -0.164. The summed E-state index contributed by atoms with van der Waals surface area (Å²) in [5, 5.41) is 9.33. The molecule has 0 aliphatic rings. The number of benzene rings is 1. The number of carboxylic acid groups (broad SMARTS) is 1. The van der Waals surface area contributed by atoms with Gasteiger partial charge in [0.1, 0.15) is 6.61 Å². The van der Waals surface area contributed by atoms with Crippen molar-refractivity contribution in [3.05, 3.63) is 35.9 Å². The predicted molar refractivity (Wildman–Crippen MR) is 81.4 cm³/mol. The van der Waals surface area contributed by atoms with Gasteiger partial charge in [0.05, 0.1) is 11.9 Å². The normalized spacial score (nSPS) is 14.3. The van der Waals surface area contributed by atoms with Gasteiger partial charge in [0, 0.05) is 0 Å². The Balaban J connectivity index is 3.08. The molecule has 1 aromatic rings. The van der Waals surface area contributed by atoms with Crippen LogP contribution in [0.5, 0.6) is 0 Å². The quantitative estimate of drug-likeness (QED) is 0.258. The third-order valence-corrected chi connectivity index (χ3v) is 4.46. The number of nitrogens with two attached hydrogens (primary N) is 2. The molecule has 0 fully saturated rings. The van der Waals surface area contributed by atoms with E-state index in [1.807, 2.05) is 0 Å². The molecule has 1 aromatic carbocycles. The molecular formula is C13H19N3O6S. The van der Waals surface area contributed by atoms with Crippen LogP contribution in [0, 0.1) is 0 Å².